The minimum atomic E-state index is -0.913. The van der Waals surface area contributed by atoms with Crippen LogP contribution in [-0.4, -0.2) is 28.0 Å². The first-order valence-corrected chi connectivity index (χ1v) is 10.2. The molecule has 5 nitrogen and oxygen atoms in total. The topological polar surface area (TPSA) is 49.2 Å². The van der Waals surface area contributed by atoms with Gasteiger partial charge in [-0.1, -0.05) is 64.5 Å². The molecule has 0 bridgehead atoms. The fourth-order valence-corrected chi connectivity index (χ4v) is 4.31. The Morgan fingerprint density at radius 1 is 1.07 bits per heavy atom. The molecule has 27 heavy (non-hydrogen) atoms. The van der Waals surface area contributed by atoms with Crippen LogP contribution >= 0.6 is 27.7 Å². The molecule has 1 aliphatic heterocycles. The Morgan fingerprint density at radius 3 is 2.44 bits per heavy atom. The Bertz CT molecular complexity index is 922. The molecule has 0 unspecified atom stereocenters. The van der Waals surface area contributed by atoms with Crippen molar-refractivity contribution in [2.24, 2.45) is 0 Å². The lowest BCUT2D eigenvalue weighted by molar-refractivity contribution is -0.0818. The molecule has 138 valence electrons. The highest BCUT2D eigenvalue weighted by atomic mass is 79.9. The number of allylic oxidation sites excluding steroid dienone is 1. The second-order valence-corrected chi connectivity index (χ2v) is 7.96. The van der Waals surface area contributed by atoms with E-state index in [9.17, 15) is 0 Å². The van der Waals surface area contributed by atoms with Crippen LogP contribution in [-0.2, 0) is 21.1 Å². The fourth-order valence-electron chi connectivity index (χ4n) is 2.91. The molecule has 0 atom stereocenters. The summed E-state index contributed by atoms with van der Waals surface area (Å²) in [5, 5.41) is 8.65. The van der Waals surface area contributed by atoms with Crippen LogP contribution in [0.2, 0.25) is 0 Å². The molecule has 1 aromatic heterocycles. The van der Waals surface area contributed by atoms with Crippen LogP contribution in [0.5, 0.6) is 0 Å². The van der Waals surface area contributed by atoms with Crippen molar-refractivity contribution in [1.29, 1.82) is 0 Å². The summed E-state index contributed by atoms with van der Waals surface area (Å²) in [6.07, 6.45) is 1.83. The number of aromatic nitrogens is 3. The predicted octanol–water partition coefficient (Wildman–Crippen LogP) is 4.84. The van der Waals surface area contributed by atoms with Crippen molar-refractivity contribution in [1.82, 2.24) is 14.8 Å². The second-order valence-electron chi connectivity index (χ2n) is 5.93. The number of benzene rings is 2. The van der Waals surface area contributed by atoms with Gasteiger partial charge in [-0.2, -0.15) is 0 Å². The Balaban J connectivity index is 1.73. The van der Waals surface area contributed by atoms with Crippen molar-refractivity contribution in [3.8, 4) is 11.4 Å². The molecule has 2 aromatic carbocycles. The average Bonchev–Trinajstić information content (AvgIpc) is 3.33. The first-order valence-electron chi connectivity index (χ1n) is 8.54. The van der Waals surface area contributed by atoms with Gasteiger partial charge in [-0.25, -0.2) is 0 Å². The van der Waals surface area contributed by atoms with Crippen LogP contribution in [0.3, 0.4) is 0 Å². The Hall–Kier alpha value is -1.93. The SMILES string of the molecule is C=CCn1c(SC2(c3ccccc3)OCCO2)nnc1-c1ccc(Br)cc1. The number of hydrogen-bond donors (Lipinski definition) is 0. The van der Waals surface area contributed by atoms with Gasteiger partial charge in [-0.3, -0.25) is 4.57 Å². The van der Waals surface area contributed by atoms with Gasteiger partial charge >= 0.3 is 0 Å². The molecule has 1 saturated heterocycles. The van der Waals surface area contributed by atoms with Gasteiger partial charge in [-0.05, 0) is 23.9 Å². The molecular formula is C20H18BrN3O2S. The monoisotopic (exact) mass is 443 g/mol. The van der Waals surface area contributed by atoms with E-state index in [1.54, 1.807) is 0 Å². The van der Waals surface area contributed by atoms with E-state index >= 15 is 0 Å². The molecule has 3 aromatic rings. The Kier molecular flexibility index (Phi) is 5.45. The summed E-state index contributed by atoms with van der Waals surface area (Å²) in [6, 6.07) is 17.9. The molecular weight excluding hydrogens is 426 g/mol. The summed E-state index contributed by atoms with van der Waals surface area (Å²) >= 11 is 4.89. The normalized spacial score (nSPS) is 15.7. The van der Waals surface area contributed by atoms with E-state index in [1.807, 2.05) is 65.2 Å². The van der Waals surface area contributed by atoms with Crippen molar-refractivity contribution >= 4 is 27.7 Å². The molecule has 1 fully saturated rings. The molecule has 0 aliphatic carbocycles. The van der Waals surface area contributed by atoms with Crippen molar-refractivity contribution in [2.75, 3.05) is 13.2 Å². The van der Waals surface area contributed by atoms with Crippen LogP contribution in [0.4, 0.5) is 0 Å². The van der Waals surface area contributed by atoms with Crippen molar-refractivity contribution in [3.05, 3.63) is 77.3 Å². The zero-order valence-electron chi connectivity index (χ0n) is 14.5. The third-order valence-electron chi connectivity index (χ3n) is 4.15. The standard InChI is InChI=1S/C20H18BrN3O2S/c1-2-12-24-18(15-8-10-17(21)11-9-15)22-23-19(24)27-20(25-13-14-26-20)16-6-4-3-5-7-16/h2-11H,1,12-14H2. The van der Waals surface area contributed by atoms with Crippen LogP contribution in [0.25, 0.3) is 11.4 Å². The first-order chi connectivity index (χ1) is 13.2. The lowest BCUT2D eigenvalue weighted by atomic mass is 10.2. The number of hydrogen-bond acceptors (Lipinski definition) is 5. The van der Waals surface area contributed by atoms with Crippen LogP contribution in [0, 0.1) is 0 Å². The summed E-state index contributed by atoms with van der Waals surface area (Å²) < 4.78 is 15.1. The van der Waals surface area contributed by atoms with Crippen molar-refractivity contribution in [3.63, 3.8) is 0 Å². The summed E-state index contributed by atoms with van der Waals surface area (Å²) in [4.78, 5) is 0. The molecule has 0 N–H and O–H groups in total. The lowest BCUT2D eigenvalue weighted by Gasteiger charge is -2.26. The van der Waals surface area contributed by atoms with Gasteiger partial charge in [0.15, 0.2) is 11.0 Å². The van der Waals surface area contributed by atoms with E-state index < -0.39 is 5.12 Å². The van der Waals surface area contributed by atoms with E-state index in [2.05, 4.69) is 32.7 Å². The highest BCUT2D eigenvalue weighted by Gasteiger charge is 2.41. The number of halogens is 1. The van der Waals surface area contributed by atoms with E-state index in [0.717, 1.165) is 26.6 Å². The number of ether oxygens (including phenoxy) is 2. The smallest absolute Gasteiger partial charge is 0.253 e. The fraction of sp³-hybridized carbons (Fsp3) is 0.200. The summed E-state index contributed by atoms with van der Waals surface area (Å²) in [7, 11) is 0. The van der Waals surface area contributed by atoms with Gasteiger partial charge in [0, 0.05) is 22.1 Å². The van der Waals surface area contributed by atoms with Crippen LogP contribution in [0.1, 0.15) is 5.56 Å². The number of thioether (sulfide) groups is 1. The van der Waals surface area contributed by atoms with E-state index in [-0.39, 0.29) is 0 Å². The summed E-state index contributed by atoms with van der Waals surface area (Å²) in [6.45, 7) is 5.54. The predicted molar refractivity (Wildman–Crippen MR) is 109 cm³/mol. The van der Waals surface area contributed by atoms with Gasteiger partial charge in [0.2, 0.25) is 0 Å². The first kappa shape index (κ1) is 18.4. The number of nitrogens with zero attached hydrogens (tertiary/aromatic N) is 3. The van der Waals surface area contributed by atoms with E-state index in [0.29, 0.717) is 19.8 Å². The molecule has 2 heterocycles. The van der Waals surface area contributed by atoms with E-state index in [4.69, 9.17) is 9.47 Å². The molecule has 7 heteroatoms. The summed E-state index contributed by atoms with van der Waals surface area (Å²) in [5.41, 5.74) is 1.94. The third-order valence-corrected chi connectivity index (χ3v) is 5.90. The minimum Gasteiger partial charge on any atom is -0.335 e. The molecule has 0 spiro atoms. The maximum Gasteiger partial charge on any atom is 0.253 e. The van der Waals surface area contributed by atoms with Crippen LogP contribution < -0.4 is 0 Å². The van der Waals surface area contributed by atoms with Gasteiger partial charge in [0.05, 0.1) is 13.2 Å². The number of rotatable bonds is 6. The zero-order valence-corrected chi connectivity index (χ0v) is 16.9. The van der Waals surface area contributed by atoms with Gasteiger partial charge in [-0.15, -0.1) is 16.8 Å². The maximum absolute atomic E-state index is 6.02. The maximum atomic E-state index is 6.02. The van der Waals surface area contributed by atoms with Crippen LogP contribution in [0.15, 0.2) is 76.9 Å². The molecule has 0 amide bonds. The van der Waals surface area contributed by atoms with Gasteiger partial charge < -0.3 is 9.47 Å². The summed E-state index contributed by atoms with van der Waals surface area (Å²) in [5.74, 6) is 0.783. The molecule has 1 aliphatic rings. The van der Waals surface area contributed by atoms with Gasteiger partial charge in [0.1, 0.15) is 0 Å². The van der Waals surface area contributed by atoms with Gasteiger partial charge in [0.25, 0.3) is 5.12 Å². The average molecular weight is 444 g/mol. The Labute approximate surface area is 170 Å². The minimum absolute atomic E-state index is 0.539. The molecule has 4 rings (SSSR count). The van der Waals surface area contributed by atoms with Crippen molar-refractivity contribution in [2.45, 2.75) is 16.8 Å². The highest BCUT2D eigenvalue weighted by molar-refractivity contribution is 9.10. The highest BCUT2D eigenvalue weighted by Crippen LogP contribution is 2.46. The molecule has 0 saturated carbocycles. The Morgan fingerprint density at radius 2 is 1.78 bits per heavy atom. The van der Waals surface area contributed by atoms with E-state index in [1.165, 1.54) is 11.8 Å². The quantitative estimate of drug-likeness (QED) is 0.509. The lowest BCUT2D eigenvalue weighted by Crippen LogP contribution is -2.23. The third kappa shape index (κ3) is 3.73. The zero-order chi connectivity index (χ0) is 18.7. The second kappa shape index (κ2) is 7.98. The largest absolute Gasteiger partial charge is 0.335 e. The van der Waals surface area contributed by atoms with Crippen molar-refractivity contribution < 1.29 is 9.47 Å². The molecule has 0 radical (unpaired) electrons.